The van der Waals surface area contributed by atoms with E-state index in [9.17, 15) is 30.5 Å². The second kappa shape index (κ2) is 21.0. The van der Waals surface area contributed by atoms with Crippen LogP contribution in [0.5, 0.6) is 0 Å². The predicted molar refractivity (Wildman–Crippen MR) is 129 cm³/mol. The van der Waals surface area contributed by atoms with Gasteiger partial charge in [-0.05, 0) is 25.7 Å². The molecule has 0 rings (SSSR count). The van der Waals surface area contributed by atoms with E-state index in [4.69, 9.17) is 0 Å². The van der Waals surface area contributed by atoms with Crippen LogP contribution in [0.15, 0.2) is 0 Å². The molecule has 0 fully saturated rings. The maximum absolute atomic E-state index is 14.4. The summed E-state index contributed by atoms with van der Waals surface area (Å²) >= 11 is 0. The van der Waals surface area contributed by atoms with Crippen LogP contribution >= 0.6 is 0 Å². The van der Waals surface area contributed by atoms with Gasteiger partial charge in [0.2, 0.25) is 0 Å². The van der Waals surface area contributed by atoms with Crippen molar-refractivity contribution in [3.63, 3.8) is 0 Å². The minimum Gasteiger partial charge on any atom is -0.285 e. The fourth-order valence-corrected chi connectivity index (χ4v) is 5.13. The zero-order valence-corrected chi connectivity index (χ0v) is 21.5. The molecule has 0 aliphatic rings. The third-order valence-electron chi connectivity index (χ3n) is 6.34. The molecule has 0 saturated carbocycles. The van der Waals surface area contributed by atoms with Gasteiger partial charge in [0.05, 0.1) is 6.67 Å². The maximum atomic E-state index is 14.4. The van der Waals surface area contributed by atoms with Crippen LogP contribution in [0.25, 0.3) is 0 Å². The highest BCUT2D eigenvalue weighted by Gasteiger charge is 2.41. The van der Waals surface area contributed by atoms with Crippen molar-refractivity contribution in [2.24, 2.45) is 0 Å². The molecule has 0 bridgehead atoms. The minimum absolute atomic E-state index is 0.0466. The number of hydrogen-bond acceptors (Lipinski definition) is 2. The van der Waals surface area contributed by atoms with E-state index in [2.05, 4.69) is 6.92 Å². The van der Waals surface area contributed by atoms with Crippen molar-refractivity contribution in [1.29, 1.82) is 0 Å². The number of alkyl halides is 4. The molecule has 0 aromatic heterocycles. The van der Waals surface area contributed by atoms with Crippen LogP contribution in [-0.2, 0) is 10.1 Å². The van der Waals surface area contributed by atoms with Gasteiger partial charge < -0.3 is 0 Å². The first kappa shape index (κ1) is 32.6. The Labute approximate surface area is 200 Å². The molecule has 0 aliphatic heterocycles. The van der Waals surface area contributed by atoms with Gasteiger partial charge >= 0.3 is 0 Å². The van der Waals surface area contributed by atoms with Gasteiger partial charge in [-0.25, -0.2) is 13.2 Å². The summed E-state index contributed by atoms with van der Waals surface area (Å²) in [6.45, 7) is 1.55. The lowest BCUT2D eigenvalue weighted by Gasteiger charge is -2.23. The van der Waals surface area contributed by atoms with Crippen LogP contribution in [0.3, 0.4) is 0 Å². The smallest absolute Gasteiger partial charge is 0.270 e. The fourth-order valence-electron chi connectivity index (χ4n) is 4.19. The predicted octanol–water partition coefficient (Wildman–Crippen LogP) is 8.66. The molecule has 4 unspecified atom stereocenters. The van der Waals surface area contributed by atoms with Gasteiger partial charge in [0, 0.05) is 0 Å². The van der Waals surface area contributed by atoms with E-state index in [1.54, 1.807) is 0 Å². The molecular formula is C25H48F4O3S. The van der Waals surface area contributed by atoms with Gasteiger partial charge in [0.1, 0.15) is 11.4 Å². The number of rotatable bonds is 24. The molecule has 0 spiro atoms. The van der Waals surface area contributed by atoms with Crippen LogP contribution in [-0.4, -0.2) is 43.4 Å². The van der Waals surface area contributed by atoms with Crippen molar-refractivity contribution in [2.45, 2.75) is 153 Å². The summed E-state index contributed by atoms with van der Waals surface area (Å²) < 4.78 is 86.7. The Bertz CT molecular complexity index is 534. The zero-order chi connectivity index (χ0) is 25.0. The van der Waals surface area contributed by atoms with Crippen molar-refractivity contribution in [1.82, 2.24) is 0 Å². The molecule has 33 heavy (non-hydrogen) atoms. The first-order valence-electron chi connectivity index (χ1n) is 13.2. The van der Waals surface area contributed by atoms with Gasteiger partial charge in [-0.15, -0.1) is 0 Å². The van der Waals surface area contributed by atoms with Gasteiger partial charge in [-0.3, -0.25) is 8.94 Å². The van der Waals surface area contributed by atoms with E-state index in [1.165, 1.54) is 64.2 Å². The summed E-state index contributed by atoms with van der Waals surface area (Å²) in [5.74, 6) is 0. The maximum Gasteiger partial charge on any atom is 0.270 e. The molecule has 8 heteroatoms. The summed E-state index contributed by atoms with van der Waals surface area (Å²) in [6, 6.07) is 0. The van der Waals surface area contributed by atoms with Crippen molar-refractivity contribution < 1.29 is 30.5 Å². The van der Waals surface area contributed by atoms with Gasteiger partial charge in [-0.1, -0.05) is 103 Å². The first-order chi connectivity index (χ1) is 15.8. The minimum atomic E-state index is -4.83. The van der Waals surface area contributed by atoms with E-state index >= 15 is 0 Å². The summed E-state index contributed by atoms with van der Waals surface area (Å²) in [4.78, 5) is 0. The SMILES string of the molecule is CCCCCCCCCCCCCCCCCC(C(F)C(F)C(F)CCCCF)S(=O)(=O)O. The molecule has 0 amide bonds. The molecule has 0 aromatic rings. The fraction of sp³-hybridized carbons (Fsp3) is 1.00. The Hall–Kier alpha value is -0.370. The van der Waals surface area contributed by atoms with Gasteiger partial charge in [-0.2, -0.15) is 8.42 Å². The molecule has 0 aromatic carbocycles. The van der Waals surface area contributed by atoms with Crippen LogP contribution in [0, 0.1) is 0 Å². The summed E-state index contributed by atoms with van der Waals surface area (Å²) in [5.41, 5.74) is 0. The number of unbranched alkanes of at least 4 members (excludes halogenated alkanes) is 15. The second-order valence-electron chi connectivity index (χ2n) is 9.38. The molecule has 1 N–H and O–H groups in total. The van der Waals surface area contributed by atoms with E-state index in [-0.39, 0.29) is 25.7 Å². The quantitative estimate of drug-likeness (QED) is 0.0813. The van der Waals surface area contributed by atoms with Gasteiger partial charge in [0.15, 0.2) is 12.3 Å². The van der Waals surface area contributed by atoms with E-state index in [1.807, 2.05) is 0 Å². The highest BCUT2D eigenvalue weighted by atomic mass is 32.2. The normalized spacial score (nSPS) is 15.9. The molecule has 3 nitrogen and oxygen atoms in total. The highest BCUT2D eigenvalue weighted by molar-refractivity contribution is 7.86. The van der Waals surface area contributed by atoms with Crippen molar-refractivity contribution >= 4 is 10.1 Å². The number of halogens is 4. The third kappa shape index (κ3) is 17.7. The van der Waals surface area contributed by atoms with Crippen molar-refractivity contribution in [3.8, 4) is 0 Å². The molecule has 0 heterocycles. The molecular weight excluding hydrogens is 456 g/mol. The van der Waals surface area contributed by atoms with Crippen LogP contribution in [0.1, 0.15) is 129 Å². The van der Waals surface area contributed by atoms with E-state index in [0.29, 0.717) is 12.8 Å². The van der Waals surface area contributed by atoms with Crippen LogP contribution in [0.2, 0.25) is 0 Å². The lowest BCUT2D eigenvalue weighted by molar-refractivity contribution is 0.0701. The summed E-state index contributed by atoms with van der Waals surface area (Å²) in [7, 11) is -4.83. The van der Waals surface area contributed by atoms with Crippen LogP contribution < -0.4 is 0 Å². The second-order valence-corrected chi connectivity index (χ2v) is 11.0. The molecule has 0 radical (unpaired) electrons. The Kier molecular flexibility index (Phi) is 20.7. The highest BCUT2D eigenvalue weighted by Crippen LogP contribution is 2.26. The monoisotopic (exact) mass is 504 g/mol. The van der Waals surface area contributed by atoms with Crippen molar-refractivity contribution in [2.75, 3.05) is 6.67 Å². The third-order valence-corrected chi connectivity index (χ3v) is 7.60. The first-order valence-corrected chi connectivity index (χ1v) is 14.7. The molecule has 0 aliphatic carbocycles. The summed E-state index contributed by atoms with van der Waals surface area (Å²) in [5, 5.41) is -1.96. The van der Waals surface area contributed by atoms with E-state index in [0.717, 1.165) is 19.3 Å². The largest absolute Gasteiger partial charge is 0.285 e. The number of hydrogen-bond donors (Lipinski definition) is 1. The molecule has 4 atom stereocenters. The summed E-state index contributed by atoms with van der Waals surface area (Å²) in [6.07, 6.45) is 8.83. The van der Waals surface area contributed by atoms with Crippen molar-refractivity contribution in [3.05, 3.63) is 0 Å². The lowest BCUT2D eigenvalue weighted by atomic mass is 10.00. The Balaban J connectivity index is 3.94. The van der Waals surface area contributed by atoms with E-state index < -0.39 is 40.6 Å². The van der Waals surface area contributed by atoms with Crippen LogP contribution in [0.4, 0.5) is 17.6 Å². The van der Waals surface area contributed by atoms with Gasteiger partial charge in [0.25, 0.3) is 10.1 Å². The molecule has 200 valence electrons. The topological polar surface area (TPSA) is 54.4 Å². The lowest BCUT2D eigenvalue weighted by Crippen LogP contribution is -2.41. The molecule has 0 saturated heterocycles. The Morgan fingerprint density at radius 3 is 1.39 bits per heavy atom. The average Bonchev–Trinajstić information content (AvgIpc) is 2.77. The Morgan fingerprint density at radius 2 is 1.00 bits per heavy atom. The Morgan fingerprint density at radius 1 is 0.606 bits per heavy atom. The standard InChI is InChI=1S/C25H48F4O3S/c1-2-3-4-5-6-7-8-9-10-11-12-13-14-15-16-20-23(33(30,31)32)25(29)24(28)22(27)19-17-18-21-26/h22-25H,2-21H2,1H3,(H,30,31,32). The zero-order valence-electron chi connectivity index (χ0n) is 20.6. The average molecular weight is 505 g/mol.